The van der Waals surface area contributed by atoms with Crippen molar-refractivity contribution in [1.29, 1.82) is 0 Å². The predicted molar refractivity (Wildman–Crippen MR) is 102 cm³/mol. The molecule has 0 radical (unpaired) electrons. The number of ether oxygens (including phenoxy) is 2. The van der Waals surface area contributed by atoms with Crippen LogP contribution in [-0.2, 0) is 24.2 Å². The minimum Gasteiger partial charge on any atom is -0.493 e. The minimum absolute atomic E-state index is 0.125. The first-order valence-electron chi connectivity index (χ1n) is 9.76. The van der Waals surface area contributed by atoms with Crippen molar-refractivity contribution in [2.24, 2.45) is 0 Å². The lowest BCUT2D eigenvalue weighted by molar-refractivity contribution is -0.139. The lowest BCUT2D eigenvalue weighted by Crippen LogP contribution is -2.51. The van der Waals surface area contributed by atoms with Gasteiger partial charge in [-0.15, -0.1) is 0 Å². The molecule has 1 amide bonds. The maximum absolute atomic E-state index is 12.8. The van der Waals surface area contributed by atoms with E-state index >= 15 is 0 Å². The van der Waals surface area contributed by atoms with Gasteiger partial charge in [0.15, 0.2) is 6.10 Å². The molecular weight excluding hydrogens is 340 g/mol. The van der Waals surface area contributed by atoms with Crippen LogP contribution in [0.1, 0.15) is 16.7 Å². The van der Waals surface area contributed by atoms with Gasteiger partial charge in [0.1, 0.15) is 11.5 Å². The molecule has 27 heavy (non-hydrogen) atoms. The largest absolute Gasteiger partial charge is 0.493 e. The number of fused-ring (bicyclic) bond motifs is 2. The van der Waals surface area contributed by atoms with Crippen molar-refractivity contribution >= 4 is 5.91 Å². The number of rotatable bonds is 3. The van der Waals surface area contributed by atoms with Gasteiger partial charge in [0.05, 0.1) is 6.61 Å². The average molecular weight is 364 g/mol. The van der Waals surface area contributed by atoms with Gasteiger partial charge in [-0.25, -0.2) is 0 Å². The standard InChI is InChI=1S/C22H24N2O3/c25-22(21-14-17-3-1-2-4-20(17)27-21)24-10-8-23(9-11-24)15-16-5-6-19-18(13-16)7-12-26-19/h1-6,13,21H,7-12,14-15H2/t21-/m1/s1. The molecule has 2 aromatic carbocycles. The van der Waals surface area contributed by atoms with Crippen LogP contribution < -0.4 is 9.47 Å². The topological polar surface area (TPSA) is 42.0 Å². The highest BCUT2D eigenvalue weighted by Gasteiger charge is 2.33. The second kappa shape index (κ2) is 6.89. The smallest absolute Gasteiger partial charge is 0.264 e. The number of hydrogen-bond acceptors (Lipinski definition) is 4. The van der Waals surface area contributed by atoms with Gasteiger partial charge >= 0.3 is 0 Å². The van der Waals surface area contributed by atoms with Crippen LogP contribution in [0.15, 0.2) is 42.5 Å². The van der Waals surface area contributed by atoms with Gasteiger partial charge in [0.25, 0.3) is 5.91 Å². The summed E-state index contributed by atoms with van der Waals surface area (Å²) in [6.07, 6.45) is 1.34. The Morgan fingerprint density at radius 1 is 1.00 bits per heavy atom. The van der Waals surface area contributed by atoms with E-state index in [-0.39, 0.29) is 12.0 Å². The summed E-state index contributed by atoms with van der Waals surface area (Å²) < 4.78 is 11.5. The molecule has 5 rings (SSSR count). The summed E-state index contributed by atoms with van der Waals surface area (Å²) in [4.78, 5) is 17.2. The molecule has 0 bridgehead atoms. The Balaban J connectivity index is 1.16. The molecule has 5 heteroatoms. The number of carbonyl (C=O) groups is 1. The van der Waals surface area contributed by atoms with E-state index in [0.717, 1.165) is 62.8 Å². The highest BCUT2D eigenvalue weighted by Crippen LogP contribution is 2.29. The molecule has 0 saturated carbocycles. The molecule has 0 N–H and O–H groups in total. The first kappa shape index (κ1) is 16.6. The lowest BCUT2D eigenvalue weighted by atomic mass is 10.1. The summed E-state index contributed by atoms with van der Waals surface area (Å²) in [6, 6.07) is 14.5. The molecule has 1 saturated heterocycles. The van der Waals surface area contributed by atoms with Gasteiger partial charge < -0.3 is 14.4 Å². The Morgan fingerprint density at radius 2 is 1.85 bits per heavy atom. The summed E-state index contributed by atoms with van der Waals surface area (Å²) in [5.74, 6) is 2.02. The third-order valence-corrected chi connectivity index (χ3v) is 5.77. The minimum atomic E-state index is -0.356. The number of piperazine rings is 1. The molecule has 1 atom stereocenters. The normalized spacial score (nSPS) is 21.3. The second-order valence-electron chi connectivity index (χ2n) is 7.56. The zero-order valence-electron chi connectivity index (χ0n) is 15.4. The van der Waals surface area contributed by atoms with Crippen LogP contribution in [0.5, 0.6) is 11.5 Å². The quantitative estimate of drug-likeness (QED) is 0.838. The number of amides is 1. The molecule has 0 unspecified atom stereocenters. The van der Waals surface area contributed by atoms with Crippen LogP contribution in [0.2, 0.25) is 0 Å². The van der Waals surface area contributed by atoms with Gasteiger partial charge in [0.2, 0.25) is 0 Å². The fourth-order valence-corrected chi connectivity index (χ4v) is 4.25. The highest BCUT2D eigenvalue weighted by molar-refractivity contribution is 5.82. The van der Waals surface area contributed by atoms with E-state index in [2.05, 4.69) is 23.1 Å². The highest BCUT2D eigenvalue weighted by atomic mass is 16.5. The molecule has 3 heterocycles. The number of nitrogens with zero attached hydrogens (tertiary/aromatic N) is 2. The van der Waals surface area contributed by atoms with E-state index in [1.54, 1.807) is 0 Å². The zero-order valence-corrected chi connectivity index (χ0v) is 15.4. The van der Waals surface area contributed by atoms with Crippen LogP contribution in [0.3, 0.4) is 0 Å². The van der Waals surface area contributed by atoms with Crippen molar-refractivity contribution < 1.29 is 14.3 Å². The molecule has 5 nitrogen and oxygen atoms in total. The summed E-state index contributed by atoms with van der Waals surface area (Å²) in [6.45, 7) is 5.07. The fourth-order valence-electron chi connectivity index (χ4n) is 4.25. The summed E-state index contributed by atoms with van der Waals surface area (Å²) in [5.41, 5.74) is 3.78. The van der Waals surface area contributed by atoms with E-state index in [9.17, 15) is 4.79 Å². The van der Waals surface area contributed by atoms with Gasteiger partial charge in [-0.1, -0.05) is 30.3 Å². The summed E-state index contributed by atoms with van der Waals surface area (Å²) >= 11 is 0. The first-order chi connectivity index (χ1) is 13.3. The van der Waals surface area contributed by atoms with Crippen LogP contribution in [0, 0.1) is 0 Å². The molecule has 140 valence electrons. The number of hydrogen-bond donors (Lipinski definition) is 0. The van der Waals surface area contributed by atoms with E-state index in [0.29, 0.717) is 6.42 Å². The lowest BCUT2D eigenvalue weighted by Gasteiger charge is -2.35. The fraction of sp³-hybridized carbons (Fsp3) is 0.409. The SMILES string of the molecule is O=C([C@H]1Cc2ccccc2O1)N1CCN(Cc2ccc3c(c2)CCO3)CC1. The van der Waals surface area contributed by atoms with Gasteiger partial charge in [0, 0.05) is 45.6 Å². The molecule has 0 spiro atoms. The van der Waals surface area contributed by atoms with E-state index in [1.165, 1.54) is 11.1 Å². The summed E-state index contributed by atoms with van der Waals surface area (Å²) in [5, 5.41) is 0. The van der Waals surface area contributed by atoms with E-state index < -0.39 is 0 Å². The van der Waals surface area contributed by atoms with Crippen molar-refractivity contribution in [3.8, 4) is 11.5 Å². The van der Waals surface area contributed by atoms with Gasteiger partial charge in [-0.3, -0.25) is 9.69 Å². The van der Waals surface area contributed by atoms with Gasteiger partial charge in [-0.05, 0) is 28.8 Å². The van der Waals surface area contributed by atoms with Crippen molar-refractivity contribution in [3.63, 3.8) is 0 Å². The number of para-hydroxylation sites is 1. The van der Waals surface area contributed by atoms with Crippen LogP contribution in [0.25, 0.3) is 0 Å². The first-order valence-corrected chi connectivity index (χ1v) is 9.76. The Kier molecular flexibility index (Phi) is 4.24. The average Bonchev–Trinajstić information content (AvgIpc) is 3.34. The maximum Gasteiger partial charge on any atom is 0.264 e. The van der Waals surface area contributed by atoms with Crippen molar-refractivity contribution in [2.75, 3.05) is 32.8 Å². The van der Waals surface area contributed by atoms with Crippen molar-refractivity contribution in [1.82, 2.24) is 9.80 Å². The monoisotopic (exact) mass is 364 g/mol. The zero-order chi connectivity index (χ0) is 18.2. The molecule has 2 aromatic rings. The Hall–Kier alpha value is -2.53. The molecular formula is C22H24N2O3. The van der Waals surface area contributed by atoms with Crippen LogP contribution in [0.4, 0.5) is 0 Å². The second-order valence-corrected chi connectivity index (χ2v) is 7.56. The van der Waals surface area contributed by atoms with E-state index in [4.69, 9.17) is 9.47 Å². The summed E-state index contributed by atoms with van der Waals surface area (Å²) in [7, 11) is 0. The molecule has 0 aliphatic carbocycles. The Morgan fingerprint density at radius 3 is 2.70 bits per heavy atom. The molecule has 3 aliphatic heterocycles. The Bertz CT molecular complexity index is 833. The number of benzene rings is 2. The number of carbonyl (C=O) groups excluding carboxylic acids is 1. The van der Waals surface area contributed by atoms with Crippen molar-refractivity contribution in [2.45, 2.75) is 25.5 Å². The predicted octanol–water partition coefficient (Wildman–Crippen LogP) is 2.27. The van der Waals surface area contributed by atoms with Crippen LogP contribution >= 0.6 is 0 Å². The van der Waals surface area contributed by atoms with E-state index in [1.807, 2.05) is 29.2 Å². The molecule has 3 aliphatic rings. The van der Waals surface area contributed by atoms with Crippen LogP contribution in [-0.4, -0.2) is 54.6 Å². The maximum atomic E-state index is 12.8. The van der Waals surface area contributed by atoms with Gasteiger partial charge in [-0.2, -0.15) is 0 Å². The molecule has 0 aromatic heterocycles. The van der Waals surface area contributed by atoms with Crippen molar-refractivity contribution in [3.05, 3.63) is 59.2 Å². The third kappa shape index (κ3) is 3.28. The third-order valence-electron chi connectivity index (χ3n) is 5.77. The molecule has 1 fully saturated rings. The Labute approximate surface area is 159 Å².